The Labute approximate surface area is 163 Å². The van der Waals surface area contributed by atoms with E-state index < -0.39 is 0 Å². The lowest BCUT2D eigenvalue weighted by molar-refractivity contribution is 0.0737. The Morgan fingerprint density at radius 1 is 1.21 bits per heavy atom. The van der Waals surface area contributed by atoms with Crippen molar-refractivity contribution in [1.82, 2.24) is 9.88 Å². The molecule has 1 atom stereocenters. The van der Waals surface area contributed by atoms with Crippen molar-refractivity contribution in [2.45, 2.75) is 32.7 Å². The van der Waals surface area contributed by atoms with Crippen LogP contribution >= 0.6 is 0 Å². The zero-order valence-corrected chi connectivity index (χ0v) is 16.2. The number of rotatable bonds is 4. The summed E-state index contributed by atoms with van der Waals surface area (Å²) in [5.74, 6) is 0.799. The highest BCUT2D eigenvalue weighted by Gasteiger charge is 2.31. The van der Waals surface area contributed by atoms with Crippen LogP contribution in [0.1, 0.15) is 47.4 Å². The van der Waals surface area contributed by atoms with Crippen molar-refractivity contribution in [3.8, 4) is 5.75 Å². The van der Waals surface area contributed by atoms with Gasteiger partial charge in [0, 0.05) is 23.7 Å². The Morgan fingerprint density at radius 3 is 2.75 bits per heavy atom. The molecule has 5 heteroatoms. The van der Waals surface area contributed by atoms with E-state index in [1.54, 1.807) is 24.3 Å². The Morgan fingerprint density at radius 2 is 2.00 bits per heavy atom. The summed E-state index contributed by atoms with van der Waals surface area (Å²) in [6.45, 7) is 5.14. The Balaban J connectivity index is 1.69. The number of para-hydroxylation sites is 1. The van der Waals surface area contributed by atoms with Crippen LogP contribution in [0.15, 0.2) is 53.3 Å². The van der Waals surface area contributed by atoms with E-state index in [9.17, 15) is 9.59 Å². The summed E-state index contributed by atoms with van der Waals surface area (Å²) in [6, 6.07) is 14.9. The highest BCUT2D eigenvalue weighted by Crippen LogP contribution is 2.34. The van der Waals surface area contributed by atoms with Gasteiger partial charge in [0.2, 0.25) is 0 Å². The molecule has 1 amide bonds. The number of aryl methyl sites for hydroxylation is 1. The van der Waals surface area contributed by atoms with Crippen molar-refractivity contribution >= 4 is 16.8 Å². The lowest BCUT2D eigenvalue weighted by Gasteiger charge is -2.26. The van der Waals surface area contributed by atoms with Gasteiger partial charge >= 0.3 is 0 Å². The molecule has 0 aliphatic carbocycles. The van der Waals surface area contributed by atoms with Crippen molar-refractivity contribution < 1.29 is 9.53 Å². The molecule has 2 heterocycles. The van der Waals surface area contributed by atoms with Crippen molar-refractivity contribution in [2.75, 3.05) is 13.2 Å². The second-order valence-corrected chi connectivity index (χ2v) is 7.20. The number of benzene rings is 2. The average Bonchev–Trinajstić information content (AvgIpc) is 3.17. The first-order valence-electron chi connectivity index (χ1n) is 9.75. The monoisotopic (exact) mass is 376 g/mol. The normalized spacial score (nSPS) is 16.5. The SMILES string of the molecule is CCOc1ccc([C@@H]2CCCN2C(=O)c2cccc3c(=O)cc(C)[nH]c23)cc1. The molecular formula is C23H24N2O3. The van der Waals surface area contributed by atoms with E-state index in [1.807, 2.05) is 43.0 Å². The van der Waals surface area contributed by atoms with E-state index in [0.29, 0.717) is 29.6 Å². The number of hydrogen-bond acceptors (Lipinski definition) is 3. The second-order valence-electron chi connectivity index (χ2n) is 7.20. The van der Waals surface area contributed by atoms with Gasteiger partial charge in [-0.25, -0.2) is 0 Å². The molecule has 1 aliphatic heterocycles. The summed E-state index contributed by atoms with van der Waals surface area (Å²) >= 11 is 0. The fraction of sp³-hybridized carbons (Fsp3) is 0.304. The van der Waals surface area contributed by atoms with E-state index in [0.717, 1.165) is 29.8 Å². The molecule has 2 aromatic carbocycles. The smallest absolute Gasteiger partial charge is 0.256 e. The standard InChI is InChI=1S/C23H24N2O3/c1-3-28-17-11-9-16(10-12-17)20-8-5-13-25(20)23(27)19-7-4-6-18-21(26)14-15(2)24-22(18)19/h4,6-7,9-12,14,20H,3,5,8,13H2,1-2H3,(H,24,26)/t20-/m0/s1. The van der Waals surface area contributed by atoms with E-state index in [2.05, 4.69) is 4.98 Å². The number of likely N-dealkylation sites (tertiary alicyclic amines) is 1. The molecule has 1 fully saturated rings. The maximum absolute atomic E-state index is 13.4. The number of nitrogens with one attached hydrogen (secondary N) is 1. The molecule has 4 rings (SSSR count). The van der Waals surface area contributed by atoms with Gasteiger partial charge in [0.1, 0.15) is 5.75 Å². The van der Waals surface area contributed by atoms with Crippen LogP contribution in [0, 0.1) is 6.92 Å². The first-order valence-corrected chi connectivity index (χ1v) is 9.75. The van der Waals surface area contributed by atoms with Gasteiger partial charge in [0.15, 0.2) is 5.43 Å². The van der Waals surface area contributed by atoms with Gasteiger partial charge in [-0.3, -0.25) is 9.59 Å². The zero-order chi connectivity index (χ0) is 19.7. The van der Waals surface area contributed by atoms with E-state index in [1.165, 1.54) is 0 Å². The lowest BCUT2D eigenvalue weighted by atomic mass is 10.0. The largest absolute Gasteiger partial charge is 0.494 e. The van der Waals surface area contributed by atoms with Gasteiger partial charge in [0.05, 0.1) is 23.7 Å². The highest BCUT2D eigenvalue weighted by atomic mass is 16.5. The molecule has 0 spiro atoms. The van der Waals surface area contributed by atoms with Crippen LogP contribution in [0.5, 0.6) is 5.75 Å². The van der Waals surface area contributed by atoms with Crippen LogP contribution in [0.25, 0.3) is 10.9 Å². The van der Waals surface area contributed by atoms with Crippen LogP contribution < -0.4 is 10.2 Å². The first-order chi connectivity index (χ1) is 13.6. The lowest BCUT2D eigenvalue weighted by Crippen LogP contribution is -2.31. The van der Waals surface area contributed by atoms with E-state index >= 15 is 0 Å². The average molecular weight is 376 g/mol. The van der Waals surface area contributed by atoms with Gasteiger partial charge in [-0.15, -0.1) is 0 Å². The molecule has 144 valence electrons. The summed E-state index contributed by atoms with van der Waals surface area (Å²) in [7, 11) is 0. The number of fused-ring (bicyclic) bond motifs is 1. The minimum atomic E-state index is -0.0645. The predicted octanol–water partition coefficient (Wildman–Crippen LogP) is 4.21. The Hall–Kier alpha value is -3.08. The maximum atomic E-state index is 13.4. The topological polar surface area (TPSA) is 62.4 Å². The molecule has 1 aliphatic rings. The summed E-state index contributed by atoms with van der Waals surface area (Å²) < 4.78 is 5.52. The van der Waals surface area contributed by atoms with Crippen LogP contribution in [0.3, 0.4) is 0 Å². The van der Waals surface area contributed by atoms with Crippen LogP contribution in [-0.4, -0.2) is 28.9 Å². The number of carbonyl (C=O) groups excluding carboxylic acids is 1. The molecule has 0 radical (unpaired) electrons. The molecule has 1 N–H and O–H groups in total. The second kappa shape index (κ2) is 7.50. The highest BCUT2D eigenvalue weighted by molar-refractivity contribution is 6.05. The number of aromatic nitrogens is 1. The molecule has 0 saturated carbocycles. The zero-order valence-electron chi connectivity index (χ0n) is 16.2. The minimum Gasteiger partial charge on any atom is -0.494 e. The van der Waals surface area contributed by atoms with E-state index in [-0.39, 0.29) is 17.4 Å². The van der Waals surface area contributed by atoms with Crippen LogP contribution in [-0.2, 0) is 0 Å². The van der Waals surface area contributed by atoms with Crippen LogP contribution in [0.4, 0.5) is 0 Å². The minimum absolute atomic E-state index is 0.0370. The molecular weight excluding hydrogens is 352 g/mol. The number of amides is 1. The quantitative estimate of drug-likeness (QED) is 0.742. The molecule has 1 saturated heterocycles. The molecule has 0 unspecified atom stereocenters. The third kappa shape index (κ3) is 3.28. The van der Waals surface area contributed by atoms with E-state index in [4.69, 9.17) is 4.74 Å². The number of carbonyl (C=O) groups is 1. The molecule has 5 nitrogen and oxygen atoms in total. The Kier molecular flexibility index (Phi) is 4.90. The van der Waals surface area contributed by atoms with Crippen molar-refractivity contribution in [1.29, 1.82) is 0 Å². The summed E-state index contributed by atoms with van der Waals surface area (Å²) in [5, 5.41) is 0.549. The number of aromatic amines is 1. The summed E-state index contributed by atoms with van der Waals surface area (Å²) in [6.07, 6.45) is 1.89. The number of nitrogens with zero attached hydrogens (tertiary/aromatic N) is 1. The van der Waals surface area contributed by atoms with Gasteiger partial charge in [-0.2, -0.15) is 0 Å². The van der Waals surface area contributed by atoms with Gasteiger partial charge in [0.25, 0.3) is 5.91 Å². The predicted molar refractivity (Wildman–Crippen MR) is 110 cm³/mol. The van der Waals surface area contributed by atoms with Crippen molar-refractivity contribution in [2.24, 2.45) is 0 Å². The number of ether oxygens (including phenoxy) is 1. The number of pyridine rings is 1. The van der Waals surface area contributed by atoms with Gasteiger partial charge in [-0.1, -0.05) is 18.2 Å². The number of hydrogen-bond donors (Lipinski definition) is 1. The third-order valence-corrected chi connectivity index (χ3v) is 5.32. The molecule has 3 aromatic rings. The van der Waals surface area contributed by atoms with Crippen LogP contribution in [0.2, 0.25) is 0 Å². The maximum Gasteiger partial charge on any atom is 0.256 e. The first kappa shape index (κ1) is 18.3. The van der Waals surface area contributed by atoms with Crippen molar-refractivity contribution in [3.63, 3.8) is 0 Å². The number of H-pyrrole nitrogens is 1. The third-order valence-electron chi connectivity index (χ3n) is 5.32. The fourth-order valence-electron chi connectivity index (χ4n) is 4.04. The summed E-state index contributed by atoms with van der Waals surface area (Å²) in [5.41, 5.74) is 2.97. The van der Waals surface area contributed by atoms with Gasteiger partial charge in [-0.05, 0) is 56.5 Å². The molecule has 0 bridgehead atoms. The van der Waals surface area contributed by atoms with Gasteiger partial charge < -0.3 is 14.6 Å². The molecule has 1 aromatic heterocycles. The Bertz CT molecular complexity index is 1070. The van der Waals surface area contributed by atoms with Crippen molar-refractivity contribution in [3.05, 3.63) is 75.6 Å². The molecule has 28 heavy (non-hydrogen) atoms. The fourth-order valence-corrected chi connectivity index (χ4v) is 4.04. The summed E-state index contributed by atoms with van der Waals surface area (Å²) in [4.78, 5) is 30.9.